The van der Waals surface area contributed by atoms with Crippen LogP contribution < -0.4 is 5.32 Å². The molecule has 0 aliphatic carbocycles. The fraction of sp³-hybridized carbons (Fsp3) is 0.0909. The molecule has 1 aromatic carbocycles. The van der Waals surface area contributed by atoms with Crippen molar-refractivity contribution in [1.29, 1.82) is 0 Å². The molecule has 0 fully saturated rings. The highest BCUT2D eigenvalue weighted by Crippen LogP contribution is 2.28. The van der Waals surface area contributed by atoms with Gasteiger partial charge in [0.05, 0.1) is 18.3 Å². The van der Waals surface area contributed by atoms with Gasteiger partial charge in [0.25, 0.3) is 0 Å². The summed E-state index contributed by atoms with van der Waals surface area (Å²) in [6, 6.07) is 5.89. The molecule has 16 heavy (non-hydrogen) atoms. The van der Waals surface area contributed by atoms with E-state index in [1.807, 2.05) is 18.2 Å². The number of carbonyl (C=O) groups excluding carboxylic acids is 1. The summed E-state index contributed by atoms with van der Waals surface area (Å²) in [6.07, 6.45) is 2.22. The molecule has 2 aromatic rings. The zero-order valence-corrected chi connectivity index (χ0v) is 9.84. The van der Waals surface area contributed by atoms with Gasteiger partial charge < -0.3 is 10.3 Å². The van der Waals surface area contributed by atoms with Crippen molar-refractivity contribution in [3.05, 3.63) is 34.7 Å². The summed E-state index contributed by atoms with van der Waals surface area (Å²) in [5.74, 6) is 0.0536. The standard InChI is InChI=1S/C11H8BrN3O/c12-11-13-5-9(15-11)6-1-2-8-7(3-6)4-10(16)14-8/h1-3,5H,4H2,(H,13,15)(H,14,16). The number of hydrogen-bond donors (Lipinski definition) is 2. The van der Waals surface area contributed by atoms with Crippen LogP contribution in [0, 0.1) is 0 Å². The summed E-state index contributed by atoms with van der Waals surface area (Å²) in [5.41, 5.74) is 3.92. The highest BCUT2D eigenvalue weighted by atomic mass is 79.9. The molecular formula is C11H8BrN3O. The predicted octanol–water partition coefficient (Wildman–Crippen LogP) is 2.33. The van der Waals surface area contributed by atoms with Crippen LogP contribution in [0.5, 0.6) is 0 Å². The molecule has 3 rings (SSSR count). The van der Waals surface area contributed by atoms with Crippen molar-refractivity contribution >= 4 is 27.5 Å². The summed E-state index contributed by atoms with van der Waals surface area (Å²) < 4.78 is 0.706. The van der Waals surface area contributed by atoms with Gasteiger partial charge in [-0.2, -0.15) is 0 Å². The molecule has 0 saturated heterocycles. The van der Waals surface area contributed by atoms with Crippen LogP contribution in [-0.2, 0) is 11.2 Å². The van der Waals surface area contributed by atoms with Crippen LogP contribution in [0.15, 0.2) is 29.1 Å². The fourth-order valence-corrected chi connectivity index (χ4v) is 2.16. The lowest BCUT2D eigenvalue weighted by molar-refractivity contribution is -0.115. The van der Waals surface area contributed by atoms with Crippen molar-refractivity contribution in [3.63, 3.8) is 0 Å². The first kappa shape index (κ1) is 9.59. The number of amides is 1. The summed E-state index contributed by atoms with van der Waals surface area (Å²) in [7, 11) is 0. The second kappa shape index (κ2) is 3.45. The van der Waals surface area contributed by atoms with E-state index in [0.29, 0.717) is 11.2 Å². The number of imidazole rings is 1. The number of halogens is 1. The fourth-order valence-electron chi connectivity index (χ4n) is 1.84. The van der Waals surface area contributed by atoms with E-state index in [1.54, 1.807) is 6.20 Å². The highest BCUT2D eigenvalue weighted by molar-refractivity contribution is 9.10. The molecule has 80 valence electrons. The van der Waals surface area contributed by atoms with Crippen molar-refractivity contribution in [2.75, 3.05) is 5.32 Å². The van der Waals surface area contributed by atoms with Crippen LogP contribution in [0.4, 0.5) is 5.69 Å². The van der Waals surface area contributed by atoms with E-state index in [-0.39, 0.29) is 5.91 Å². The first-order valence-electron chi connectivity index (χ1n) is 4.86. The number of benzene rings is 1. The van der Waals surface area contributed by atoms with Crippen molar-refractivity contribution in [1.82, 2.24) is 9.97 Å². The number of hydrogen-bond acceptors (Lipinski definition) is 2. The quantitative estimate of drug-likeness (QED) is 0.841. The van der Waals surface area contributed by atoms with Gasteiger partial charge in [-0.3, -0.25) is 4.79 Å². The minimum atomic E-state index is 0.0536. The van der Waals surface area contributed by atoms with E-state index in [0.717, 1.165) is 22.5 Å². The summed E-state index contributed by atoms with van der Waals surface area (Å²) in [5, 5.41) is 2.81. The summed E-state index contributed by atoms with van der Waals surface area (Å²) >= 11 is 3.27. The van der Waals surface area contributed by atoms with Gasteiger partial charge in [0.1, 0.15) is 0 Å². The molecule has 0 atom stereocenters. The minimum Gasteiger partial charge on any atom is -0.333 e. The van der Waals surface area contributed by atoms with Crippen molar-refractivity contribution in [2.45, 2.75) is 6.42 Å². The number of aromatic nitrogens is 2. The number of nitrogens with zero attached hydrogens (tertiary/aromatic N) is 1. The predicted molar refractivity (Wildman–Crippen MR) is 64.1 cm³/mol. The molecule has 0 saturated carbocycles. The Hall–Kier alpha value is -1.62. The normalized spacial score (nSPS) is 13.7. The summed E-state index contributed by atoms with van der Waals surface area (Å²) in [6.45, 7) is 0. The van der Waals surface area contributed by atoms with Crippen molar-refractivity contribution in [3.8, 4) is 11.3 Å². The van der Waals surface area contributed by atoms with E-state index in [9.17, 15) is 4.79 Å². The average molecular weight is 278 g/mol. The third kappa shape index (κ3) is 1.53. The Morgan fingerprint density at radius 3 is 3.00 bits per heavy atom. The number of aromatic amines is 1. The average Bonchev–Trinajstić information content (AvgIpc) is 2.81. The van der Waals surface area contributed by atoms with Crippen molar-refractivity contribution < 1.29 is 4.79 Å². The Bertz CT molecular complexity index is 576. The lowest BCUT2D eigenvalue weighted by Crippen LogP contribution is -2.03. The molecule has 2 N–H and O–H groups in total. The van der Waals surface area contributed by atoms with Crippen LogP contribution in [0.3, 0.4) is 0 Å². The van der Waals surface area contributed by atoms with Gasteiger partial charge in [0.15, 0.2) is 4.73 Å². The van der Waals surface area contributed by atoms with E-state index in [4.69, 9.17) is 0 Å². The zero-order chi connectivity index (χ0) is 11.1. The Kier molecular flexibility index (Phi) is 2.07. The SMILES string of the molecule is O=C1Cc2cc(-c3cnc(Br)[nH]3)ccc2N1. The number of rotatable bonds is 1. The van der Waals surface area contributed by atoms with Gasteiger partial charge >= 0.3 is 0 Å². The monoisotopic (exact) mass is 277 g/mol. The lowest BCUT2D eigenvalue weighted by atomic mass is 10.1. The molecule has 1 aromatic heterocycles. The first-order chi connectivity index (χ1) is 7.72. The Morgan fingerprint density at radius 2 is 2.25 bits per heavy atom. The van der Waals surface area contributed by atoms with Gasteiger partial charge in [-0.05, 0) is 33.6 Å². The van der Waals surface area contributed by atoms with Crippen LogP contribution in [0.1, 0.15) is 5.56 Å². The Labute approximate surface area is 100 Å². The van der Waals surface area contributed by atoms with Gasteiger partial charge in [0, 0.05) is 11.3 Å². The van der Waals surface area contributed by atoms with Crippen LogP contribution in [0.2, 0.25) is 0 Å². The molecule has 0 spiro atoms. The topological polar surface area (TPSA) is 57.8 Å². The molecule has 5 heteroatoms. The zero-order valence-electron chi connectivity index (χ0n) is 8.25. The van der Waals surface area contributed by atoms with Crippen LogP contribution >= 0.6 is 15.9 Å². The second-order valence-corrected chi connectivity index (χ2v) is 4.44. The van der Waals surface area contributed by atoms with E-state index in [2.05, 4.69) is 31.2 Å². The molecule has 0 unspecified atom stereocenters. The molecule has 1 amide bonds. The van der Waals surface area contributed by atoms with Gasteiger partial charge in [-0.15, -0.1) is 0 Å². The maximum absolute atomic E-state index is 11.2. The number of fused-ring (bicyclic) bond motifs is 1. The largest absolute Gasteiger partial charge is 0.333 e. The number of carbonyl (C=O) groups is 1. The van der Waals surface area contributed by atoms with E-state index in [1.165, 1.54) is 0 Å². The van der Waals surface area contributed by atoms with Gasteiger partial charge in [0.2, 0.25) is 5.91 Å². The maximum atomic E-state index is 11.2. The molecule has 0 bridgehead atoms. The number of anilines is 1. The second-order valence-electron chi connectivity index (χ2n) is 3.68. The molecule has 1 aliphatic heterocycles. The third-order valence-electron chi connectivity index (χ3n) is 2.59. The lowest BCUT2D eigenvalue weighted by Gasteiger charge is -2.01. The third-order valence-corrected chi connectivity index (χ3v) is 2.99. The van der Waals surface area contributed by atoms with E-state index < -0.39 is 0 Å². The molecule has 1 aliphatic rings. The minimum absolute atomic E-state index is 0.0536. The Balaban J connectivity index is 2.05. The van der Waals surface area contributed by atoms with Gasteiger partial charge in [-0.1, -0.05) is 6.07 Å². The molecule has 4 nitrogen and oxygen atoms in total. The van der Waals surface area contributed by atoms with Gasteiger partial charge in [-0.25, -0.2) is 4.98 Å². The molecular weight excluding hydrogens is 270 g/mol. The number of H-pyrrole nitrogens is 1. The smallest absolute Gasteiger partial charge is 0.228 e. The molecule has 2 heterocycles. The van der Waals surface area contributed by atoms with Crippen LogP contribution in [-0.4, -0.2) is 15.9 Å². The summed E-state index contributed by atoms with van der Waals surface area (Å²) in [4.78, 5) is 18.4. The van der Waals surface area contributed by atoms with Crippen LogP contribution in [0.25, 0.3) is 11.3 Å². The Morgan fingerprint density at radius 1 is 1.38 bits per heavy atom. The molecule has 0 radical (unpaired) electrons. The highest BCUT2D eigenvalue weighted by Gasteiger charge is 2.17. The number of nitrogens with one attached hydrogen (secondary N) is 2. The first-order valence-corrected chi connectivity index (χ1v) is 5.65. The van der Waals surface area contributed by atoms with E-state index >= 15 is 0 Å². The maximum Gasteiger partial charge on any atom is 0.228 e. The van der Waals surface area contributed by atoms with Crippen molar-refractivity contribution in [2.24, 2.45) is 0 Å².